The number of nitro benzene ring substituents is 1. The van der Waals surface area contributed by atoms with Crippen LogP contribution in [0.25, 0.3) is 11.4 Å². The number of nitro groups is 1. The van der Waals surface area contributed by atoms with Gasteiger partial charge in [0.2, 0.25) is 11.7 Å². The zero-order valence-electron chi connectivity index (χ0n) is 15.7. The topological polar surface area (TPSA) is 94.1 Å². The summed E-state index contributed by atoms with van der Waals surface area (Å²) in [6.07, 6.45) is 0. The molecule has 1 aromatic heterocycles. The van der Waals surface area contributed by atoms with Crippen LogP contribution in [-0.2, 0) is 6.54 Å². The smallest absolute Gasteiger partial charge is 0.270 e. The van der Waals surface area contributed by atoms with Crippen LogP contribution in [0.1, 0.15) is 23.1 Å². The summed E-state index contributed by atoms with van der Waals surface area (Å²) in [5, 5.41) is 19.0. The lowest BCUT2D eigenvalue weighted by molar-refractivity contribution is -0.384. The first-order valence-electron chi connectivity index (χ1n) is 9.21. The van der Waals surface area contributed by atoms with Crippen LogP contribution in [0, 0.1) is 10.1 Å². The minimum Gasteiger partial charge on any atom is -0.338 e. The molecule has 150 valence electrons. The van der Waals surface area contributed by atoms with Gasteiger partial charge < -0.3 is 4.52 Å². The summed E-state index contributed by atoms with van der Waals surface area (Å²) in [6.45, 7) is 0.313. The molecule has 0 spiro atoms. The molecule has 0 fully saturated rings. The molecule has 0 saturated heterocycles. The van der Waals surface area contributed by atoms with Crippen molar-refractivity contribution in [3.8, 4) is 11.4 Å². The van der Waals surface area contributed by atoms with E-state index in [1.807, 2.05) is 54.6 Å². The number of aromatic nitrogens is 2. The Labute approximate surface area is 177 Å². The van der Waals surface area contributed by atoms with Crippen molar-refractivity contribution in [2.45, 2.75) is 12.6 Å². The number of hydrogen-bond donors (Lipinski definition) is 1. The van der Waals surface area contributed by atoms with Crippen LogP contribution < -0.4 is 5.32 Å². The van der Waals surface area contributed by atoms with Crippen LogP contribution in [0.2, 0.25) is 5.02 Å². The quantitative estimate of drug-likeness (QED) is 0.327. The monoisotopic (exact) mass is 420 g/mol. The summed E-state index contributed by atoms with van der Waals surface area (Å²) in [7, 11) is 0. The highest BCUT2D eigenvalue weighted by Crippen LogP contribution is 2.25. The fourth-order valence-electron chi connectivity index (χ4n) is 3.15. The van der Waals surface area contributed by atoms with Gasteiger partial charge in [-0.3, -0.25) is 15.4 Å². The van der Waals surface area contributed by atoms with Gasteiger partial charge >= 0.3 is 0 Å². The Balaban J connectivity index is 1.55. The van der Waals surface area contributed by atoms with Gasteiger partial charge in [0.05, 0.1) is 17.5 Å². The molecule has 0 radical (unpaired) electrons. The number of rotatable bonds is 7. The van der Waals surface area contributed by atoms with E-state index in [4.69, 9.17) is 16.1 Å². The highest BCUT2D eigenvalue weighted by atomic mass is 35.5. The van der Waals surface area contributed by atoms with Gasteiger partial charge in [-0.15, -0.1) is 0 Å². The van der Waals surface area contributed by atoms with E-state index in [1.54, 1.807) is 12.1 Å². The summed E-state index contributed by atoms with van der Waals surface area (Å²) in [5.41, 5.74) is 2.57. The number of nitrogens with one attached hydrogen (secondary N) is 1. The van der Waals surface area contributed by atoms with Crippen molar-refractivity contribution >= 4 is 17.3 Å². The Morgan fingerprint density at radius 2 is 1.77 bits per heavy atom. The molecular weight excluding hydrogens is 404 g/mol. The molecular formula is C22H17ClN4O3. The first-order valence-corrected chi connectivity index (χ1v) is 9.59. The third-order valence-corrected chi connectivity index (χ3v) is 4.79. The zero-order chi connectivity index (χ0) is 20.9. The predicted octanol–water partition coefficient (Wildman–Crippen LogP) is 5.18. The maximum absolute atomic E-state index is 11.0. The van der Waals surface area contributed by atoms with E-state index in [9.17, 15) is 10.1 Å². The SMILES string of the molecule is O=[N+]([O-])c1cccc(-c2noc(CNC(c3ccccc3)c3cccc(Cl)c3)n2)c1. The highest BCUT2D eigenvalue weighted by molar-refractivity contribution is 6.30. The Hall–Kier alpha value is -3.55. The molecule has 0 amide bonds. The normalized spacial score (nSPS) is 11.9. The standard InChI is InChI=1S/C22H17ClN4O3/c23-18-10-4-8-16(12-18)21(15-6-2-1-3-7-15)24-14-20-25-22(26-30-20)17-9-5-11-19(13-17)27(28)29/h1-13,21,24H,14H2. The van der Waals surface area contributed by atoms with Crippen molar-refractivity contribution in [1.82, 2.24) is 15.5 Å². The lowest BCUT2D eigenvalue weighted by atomic mass is 9.99. The van der Waals surface area contributed by atoms with Crippen molar-refractivity contribution in [2.75, 3.05) is 0 Å². The molecule has 0 aliphatic carbocycles. The summed E-state index contributed by atoms with van der Waals surface area (Å²) in [4.78, 5) is 14.9. The molecule has 1 unspecified atom stereocenters. The van der Waals surface area contributed by atoms with Crippen molar-refractivity contribution in [3.05, 3.63) is 111 Å². The van der Waals surface area contributed by atoms with Gasteiger partial charge in [-0.25, -0.2) is 0 Å². The van der Waals surface area contributed by atoms with E-state index in [-0.39, 0.29) is 11.7 Å². The zero-order valence-corrected chi connectivity index (χ0v) is 16.5. The molecule has 0 saturated carbocycles. The van der Waals surface area contributed by atoms with Crippen LogP contribution >= 0.6 is 11.6 Å². The average Bonchev–Trinajstić information content (AvgIpc) is 3.24. The summed E-state index contributed by atoms with van der Waals surface area (Å²) in [6, 6.07) is 23.6. The third-order valence-electron chi connectivity index (χ3n) is 4.56. The van der Waals surface area contributed by atoms with Gasteiger partial charge in [0, 0.05) is 22.7 Å². The molecule has 0 aliphatic rings. The molecule has 1 heterocycles. The molecule has 30 heavy (non-hydrogen) atoms. The van der Waals surface area contributed by atoms with Crippen molar-refractivity contribution < 1.29 is 9.45 Å². The van der Waals surface area contributed by atoms with Gasteiger partial charge in [0.1, 0.15) is 0 Å². The second-order valence-electron chi connectivity index (χ2n) is 6.60. The minimum absolute atomic E-state index is 0.0259. The second-order valence-corrected chi connectivity index (χ2v) is 7.04. The van der Waals surface area contributed by atoms with E-state index in [1.165, 1.54) is 12.1 Å². The average molecular weight is 421 g/mol. The Kier molecular flexibility index (Phi) is 5.83. The minimum atomic E-state index is -0.457. The largest absolute Gasteiger partial charge is 0.338 e. The first kappa shape index (κ1) is 19.8. The molecule has 4 aromatic rings. The molecule has 1 atom stereocenters. The van der Waals surface area contributed by atoms with Crippen LogP contribution in [0.15, 0.2) is 83.4 Å². The molecule has 0 bridgehead atoms. The summed E-state index contributed by atoms with van der Waals surface area (Å²) < 4.78 is 5.35. The lowest BCUT2D eigenvalue weighted by Crippen LogP contribution is -2.22. The molecule has 1 N–H and O–H groups in total. The van der Waals surface area contributed by atoms with Crippen molar-refractivity contribution in [3.63, 3.8) is 0 Å². The maximum atomic E-state index is 11.0. The predicted molar refractivity (Wildman–Crippen MR) is 113 cm³/mol. The molecule has 7 nitrogen and oxygen atoms in total. The molecule has 3 aromatic carbocycles. The van der Waals surface area contributed by atoms with Gasteiger partial charge in [0.15, 0.2) is 0 Å². The van der Waals surface area contributed by atoms with E-state index in [0.717, 1.165) is 11.1 Å². The van der Waals surface area contributed by atoms with Gasteiger partial charge in [-0.05, 0) is 23.3 Å². The van der Waals surface area contributed by atoms with Crippen molar-refractivity contribution in [2.24, 2.45) is 0 Å². The maximum Gasteiger partial charge on any atom is 0.270 e. The Morgan fingerprint density at radius 3 is 2.53 bits per heavy atom. The number of nitrogens with zero attached hydrogens (tertiary/aromatic N) is 3. The second kappa shape index (κ2) is 8.86. The first-order chi connectivity index (χ1) is 14.6. The van der Waals surface area contributed by atoms with Gasteiger partial charge in [-0.1, -0.05) is 71.4 Å². The molecule has 0 aliphatic heterocycles. The van der Waals surface area contributed by atoms with E-state index < -0.39 is 4.92 Å². The van der Waals surface area contributed by atoms with Crippen LogP contribution in [-0.4, -0.2) is 15.1 Å². The summed E-state index contributed by atoms with van der Waals surface area (Å²) >= 11 is 6.18. The number of halogens is 1. The van der Waals surface area contributed by atoms with Crippen LogP contribution in [0.3, 0.4) is 0 Å². The van der Waals surface area contributed by atoms with Crippen LogP contribution in [0.5, 0.6) is 0 Å². The number of non-ortho nitro benzene ring substituents is 1. The van der Waals surface area contributed by atoms with Crippen molar-refractivity contribution in [1.29, 1.82) is 0 Å². The van der Waals surface area contributed by atoms with E-state index in [2.05, 4.69) is 15.5 Å². The summed E-state index contributed by atoms with van der Waals surface area (Å²) in [5.74, 6) is 0.675. The lowest BCUT2D eigenvalue weighted by Gasteiger charge is -2.19. The Morgan fingerprint density at radius 1 is 1.00 bits per heavy atom. The highest BCUT2D eigenvalue weighted by Gasteiger charge is 2.17. The van der Waals surface area contributed by atoms with Gasteiger partial charge in [0.25, 0.3) is 5.69 Å². The van der Waals surface area contributed by atoms with E-state index in [0.29, 0.717) is 28.8 Å². The number of benzene rings is 3. The Bertz CT molecular complexity index is 1160. The molecule has 8 heteroatoms. The third kappa shape index (κ3) is 4.53. The molecule has 4 rings (SSSR count). The number of hydrogen-bond acceptors (Lipinski definition) is 6. The fraction of sp³-hybridized carbons (Fsp3) is 0.0909. The van der Waals surface area contributed by atoms with E-state index >= 15 is 0 Å². The fourth-order valence-corrected chi connectivity index (χ4v) is 3.35. The van der Waals surface area contributed by atoms with Crippen LogP contribution in [0.4, 0.5) is 5.69 Å². The van der Waals surface area contributed by atoms with Gasteiger partial charge in [-0.2, -0.15) is 4.98 Å².